The van der Waals surface area contributed by atoms with Gasteiger partial charge in [0.05, 0.1) is 12.2 Å². The lowest BCUT2D eigenvalue weighted by Crippen LogP contribution is -2.37. The minimum atomic E-state index is -0.398. The number of nitrogens with one attached hydrogen (secondary N) is 3. The van der Waals surface area contributed by atoms with E-state index in [2.05, 4.69) is 25.9 Å². The summed E-state index contributed by atoms with van der Waals surface area (Å²) in [6, 6.07) is 5.75. The maximum Gasteiger partial charge on any atom is 0.246 e. The number of aromatic nitrogens is 1. The molecule has 0 bridgehead atoms. The summed E-state index contributed by atoms with van der Waals surface area (Å²) < 4.78 is 13.1. The quantitative estimate of drug-likeness (QED) is 0.544. The second kappa shape index (κ2) is 9.12. The molecular weight excluding hydrogens is 341 g/mol. The molecule has 2 rings (SSSR count). The number of anilines is 1. The van der Waals surface area contributed by atoms with Crippen LogP contribution in [0.5, 0.6) is 0 Å². The minimum absolute atomic E-state index is 0.0677. The number of carbonyl (C=O) groups excluding carboxylic acids is 1. The lowest BCUT2D eigenvalue weighted by atomic mass is 10.3. The summed E-state index contributed by atoms with van der Waals surface area (Å²) in [6.45, 7) is 7.10. The van der Waals surface area contributed by atoms with E-state index in [4.69, 9.17) is 0 Å². The molecule has 6 nitrogen and oxygen atoms in total. The highest BCUT2D eigenvalue weighted by Gasteiger charge is 2.06. The highest BCUT2D eigenvalue weighted by Crippen LogP contribution is 2.15. The van der Waals surface area contributed by atoms with Crippen molar-refractivity contribution >= 4 is 28.9 Å². The average molecular weight is 363 g/mol. The van der Waals surface area contributed by atoms with Crippen molar-refractivity contribution in [1.29, 1.82) is 0 Å². The fourth-order valence-electron chi connectivity index (χ4n) is 2.03. The van der Waals surface area contributed by atoms with Gasteiger partial charge in [-0.05, 0) is 39.0 Å². The van der Waals surface area contributed by atoms with Crippen molar-refractivity contribution in [3.63, 3.8) is 0 Å². The topological polar surface area (TPSA) is 78.4 Å². The summed E-state index contributed by atoms with van der Waals surface area (Å²) in [4.78, 5) is 21.8. The Balaban J connectivity index is 1.90. The van der Waals surface area contributed by atoms with Crippen LogP contribution in [0, 0.1) is 19.7 Å². The second-order valence-electron chi connectivity index (χ2n) is 5.36. The van der Waals surface area contributed by atoms with Gasteiger partial charge < -0.3 is 16.0 Å². The average Bonchev–Trinajstić information content (AvgIpc) is 2.88. The van der Waals surface area contributed by atoms with E-state index >= 15 is 0 Å². The molecule has 0 aliphatic rings. The van der Waals surface area contributed by atoms with Crippen molar-refractivity contribution in [3.8, 4) is 0 Å². The van der Waals surface area contributed by atoms with Gasteiger partial charge in [-0.2, -0.15) is 0 Å². The predicted octanol–water partition coefficient (Wildman–Crippen LogP) is 2.59. The number of carbonyl (C=O) groups is 1. The van der Waals surface area contributed by atoms with Gasteiger partial charge in [0.1, 0.15) is 17.4 Å². The van der Waals surface area contributed by atoms with Crippen LogP contribution in [0.2, 0.25) is 0 Å². The molecule has 8 heteroatoms. The summed E-state index contributed by atoms with van der Waals surface area (Å²) in [5, 5.41) is 9.81. The van der Waals surface area contributed by atoms with Gasteiger partial charge in [0, 0.05) is 17.1 Å². The Bertz CT molecular complexity index is 740. The third-order valence-electron chi connectivity index (χ3n) is 3.31. The fourth-order valence-corrected chi connectivity index (χ4v) is 2.91. The van der Waals surface area contributed by atoms with Gasteiger partial charge >= 0.3 is 0 Å². The summed E-state index contributed by atoms with van der Waals surface area (Å²) in [7, 11) is 0. The molecule has 2 aromatic rings. The summed E-state index contributed by atoms with van der Waals surface area (Å²) >= 11 is 1.63. The summed E-state index contributed by atoms with van der Waals surface area (Å²) in [5.41, 5.74) is 1.44. The van der Waals surface area contributed by atoms with Crippen molar-refractivity contribution in [2.75, 3.05) is 18.4 Å². The number of nitrogens with zero attached hydrogens (tertiary/aromatic N) is 2. The second-order valence-corrected chi connectivity index (χ2v) is 6.64. The Hall–Kier alpha value is -2.48. The summed E-state index contributed by atoms with van der Waals surface area (Å²) in [5.74, 6) is -0.184. The van der Waals surface area contributed by atoms with E-state index in [0.29, 0.717) is 24.7 Å². The molecule has 3 N–H and O–H groups in total. The number of aryl methyl sites for hydroxylation is 2. The van der Waals surface area contributed by atoms with Crippen LogP contribution in [0.4, 0.5) is 10.1 Å². The molecule has 0 saturated heterocycles. The van der Waals surface area contributed by atoms with Crippen LogP contribution >= 0.6 is 11.3 Å². The predicted molar refractivity (Wildman–Crippen MR) is 99.4 cm³/mol. The molecule has 0 unspecified atom stereocenters. The maximum atomic E-state index is 13.1. The normalized spacial score (nSPS) is 11.3. The number of rotatable bonds is 6. The van der Waals surface area contributed by atoms with E-state index < -0.39 is 5.82 Å². The molecule has 1 aromatic carbocycles. The first kappa shape index (κ1) is 18.9. The Labute approximate surface area is 150 Å². The van der Waals surface area contributed by atoms with Crippen molar-refractivity contribution in [1.82, 2.24) is 15.6 Å². The van der Waals surface area contributed by atoms with Crippen molar-refractivity contribution in [2.24, 2.45) is 4.99 Å². The van der Waals surface area contributed by atoms with Crippen molar-refractivity contribution < 1.29 is 9.18 Å². The maximum absolute atomic E-state index is 13.1. The molecular formula is C17H22FN5OS. The van der Waals surface area contributed by atoms with Crippen LogP contribution in [0.3, 0.4) is 0 Å². The molecule has 134 valence electrons. The highest BCUT2D eigenvalue weighted by molar-refractivity contribution is 7.11. The molecule has 0 radical (unpaired) electrons. The molecule has 1 amide bonds. The zero-order chi connectivity index (χ0) is 18.2. The number of guanidine groups is 1. The first-order valence-electron chi connectivity index (χ1n) is 7.98. The minimum Gasteiger partial charge on any atom is -0.357 e. The molecule has 0 fully saturated rings. The van der Waals surface area contributed by atoms with Crippen LogP contribution in [0.1, 0.15) is 22.5 Å². The monoisotopic (exact) mass is 363 g/mol. The molecule has 0 atom stereocenters. The molecule has 1 aromatic heterocycles. The standard InChI is InChI=1S/C17H22FN5OS/c1-4-19-17(21-10-16-22-11(2)12(3)25-16)20-9-15(24)23-14-7-5-6-13(18)8-14/h5-8H,4,9-10H2,1-3H3,(H,23,24)(H2,19,20,21). The largest absolute Gasteiger partial charge is 0.357 e. The van der Waals surface area contributed by atoms with E-state index in [9.17, 15) is 9.18 Å². The Morgan fingerprint density at radius 1 is 1.32 bits per heavy atom. The van der Waals surface area contributed by atoms with Crippen LogP contribution in [-0.4, -0.2) is 29.9 Å². The van der Waals surface area contributed by atoms with Gasteiger partial charge in [0.15, 0.2) is 5.96 Å². The van der Waals surface area contributed by atoms with E-state index in [1.54, 1.807) is 17.4 Å². The van der Waals surface area contributed by atoms with Crippen LogP contribution in [-0.2, 0) is 11.3 Å². The highest BCUT2D eigenvalue weighted by atomic mass is 32.1. The Morgan fingerprint density at radius 3 is 2.76 bits per heavy atom. The number of aliphatic imine (C=N–C) groups is 1. The number of amides is 1. The fraction of sp³-hybridized carbons (Fsp3) is 0.353. The number of hydrogen-bond donors (Lipinski definition) is 3. The van der Waals surface area contributed by atoms with Gasteiger partial charge in [-0.25, -0.2) is 14.4 Å². The molecule has 0 aliphatic carbocycles. The van der Waals surface area contributed by atoms with Gasteiger partial charge in [-0.15, -0.1) is 11.3 Å². The van der Waals surface area contributed by atoms with E-state index in [0.717, 1.165) is 10.7 Å². The number of hydrogen-bond acceptors (Lipinski definition) is 4. The zero-order valence-corrected chi connectivity index (χ0v) is 15.3. The SMILES string of the molecule is CCNC(=NCC(=O)Nc1cccc(F)c1)NCc1nc(C)c(C)s1. The third kappa shape index (κ3) is 6.15. The first-order chi connectivity index (χ1) is 12.0. The smallest absolute Gasteiger partial charge is 0.246 e. The van der Waals surface area contributed by atoms with E-state index in [1.165, 1.54) is 23.1 Å². The van der Waals surface area contributed by atoms with Crippen LogP contribution < -0.4 is 16.0 Å². The van der Waals surface area contributed by atoms with E-state index in [-0.39, 0.29) is 12.5 Å². The van der Waals surface area contributed by atoms with E-state index in [1.807, 2.05) is 20.8 Å². The molecule has 0 spiro atoms. The molecule has 1 heterocycles. The number of halogens is 1. The number of thiazole rings is 1. The lowest BCUT2D eigenvalue weighted by molar-refractivity contribution is -0.114. The Morgan fingerprint density at radius 2 is 2.12 bits per heavy atom. The first-order valence-corrected chi connectivity index (χ1v) is 8.80. The van der Waals surface area contributed by atoms with Gasteiger partial charge in [-0.3, -0.25) is 4.79 Å². The molecule has 0 aliphatic heterocycles. The lowest BCUT2D eigenvalue weighted by Gasteiger charge is -2.10. The Kier molecular flexibility index (Phi) is 6.88. The molecule has 25 heavy (non-hydrogen) atoms. The van der Waals surface area contributed by atoms with Gasteiger partial charge in [0.2, 0.25) is 5.91 Å². The van der Waals surface area contributed by atoms with Crippen molar-refractivity contribution in [2.45, 2.75) is 27.3 Å². The summed E-state index contributed by atoms with van der Waals surface area (Å²) in [6.07, 6.45) is 0. The third-order valence-corrected chi connectivity index (χ3v) is 4.39. The van der Waals surface area contributed by atoms with Crippen LogP contribution in [0.15, 0.2) is 29.3 Å². The van der Waals surface area contributed by atoms with Gasteiger partial charge in [-0.1, -0.05) is 6.07 Å². The van der Waals surface area contributed by atoms with Crippen molar-refractivity contribution in [3.05, 3.63) is 45.7 Å². The molecule has 0 saturated carbocycles. The zero-order valence-electron chi connectivity index (χ0n) is 14.5. The number of benzene rings is 1. The van der Waals surface area contributed by atoms with Crippen LogP contribution in [0.25, 0.3) is 0 Å². The van der Waals surface area contributed by atoms with Gasteiger partial charge in [0.25, 0.3) is 0 Å².